The van der Waals surface area contributed by atoms with E-state index in [9.17, 15) is 4.79 Å². The van der Waals surface area contributed by atoms with E-state index >= 15 is 0 Å². The Kier molecular flexibility index (Phi) is 7.19. The molecule has 0 bridgehead atoms. The molecular formula is C20H28N6O5. The Hall–Kier alpha value is -3.47. The quantitative estimate of drug-likeness (QED) is 0.679. The van der Waals surface area contributed by atoms with Gasteiger partial charge in [0.2, 0.25) is 11.7 Å². The van der Waals surface area contributed by atoms with Gasteiger partial charge in [0.25, 0.3) is 0 Å². The Morgan fingerprint density at radius 3 is 2.26 bits per heavy atom. The minimum atomic E-state index is -0.458. The zero-order valence-corrected chi connectivity index (χ0v) is 18.4. The average Bonchev–Trinajstić information content (AvgIpc) is 2.78. The van der Waals surface area contributed by atoms with Crippen LogP contribution in [-0.4, -0.2) is 77.7 Å². The van der Waals surface area contributed by atoms with E-state index in [1.807, 2.05) is 19.0 Å². The van der Waals surface area contributed by atoms with Crippen LogP contribution in [0.1, 0.15) is 0 Å². The van der Waals surface area contributed by atoms with Crippen LogP contribution in [0.15, 0.2) is 18.3 Å². The predicted molar refractivity (Wildman–Crippen MR) is 118 cm³/mol. The molecule has 1 aliphatic rings. The summed E-state index contributed by atoms with van der Waals surface area (Å²) >= 11 is 0. The number of amides is 2. The molecule has 2 amide bonds. The summed E-state index contributed by atoms with van der Waals surface area (Å²) in [6, 6.07) is 2.83. The van der Waals surface area contributed by atoms with Crippen LogP contribution in [0.4, 0.5) is 27.9 Å². The van der Waals surface area contributed by atoms with E-state index in [0.717, 1.165) is 13.1 Å². The van der Waals surface area contributed by atoms with Crippen LogP contribution < -0.4 is 34.6 Å². The van der Waals surface area contributed by atoms with E-state index < -0.39 is 6.03 Å². The number of benzene rings is 1. The summed E-state index contributed by atoms with van der Waals surface area (Å²) < 4.78 is 21.3. The number of ether oxygens (including phenoxy) is 4. The average molecular weight is 432 g/mol. The number of morpholine rings is 1. The van der Waals surface area contributed by atoms with Crippen LogP contribution in [0.3, 0.4) is 0 Å². The standard InChI is InChI=1S/C20H28N6O5/c1-25(2)18-14(12-21-19(24-18)26-6-8-31-9-7-26)23-20(27)22-13-10-15(28-3)17(30-5)16(11-13)29-4/h10-12H,6-9H2,1-5H3,(H2,22,23,27). The third kappa shape index (κ3) is 5.18. The van der Waals surface area contributed by atoms with Gasteiger partial charge < -0.3 is 39.4 Å². The Balaban J connectivity index is 1.78. The lowest BCUT2D eigenvalue weighted by Gasteiger charge is -2.28. The number of nitrogens with zero attached hydrogens (tertiary/aromatic N) is 4. The summed E-state index contributed by atoms with van der Waals surface area (Å²) in [6.07, 6.45) is 1.60. The molecule has 0 spiro atoms. The largest absolute Gasteiger partial charge is 0.493 e. The first-order valence-corrected chi connectivity index (χ1v) is 9.72. The Bertz CT molecular complexity index is 892. The molecule has 1 aliphatic heterocycles. The van der Waals surface area contributed by atoms with Crippen molar-refractivity contribution >= 4 is 29.2 Å². The lowest BCUT2D eigenvalue weighted by molar-refractivity contribution is 0.122. The molecule has 2 aromatic rings. The molecule has 0 atom stereocenters. The van der Waals surface area contributed by atoms with Gasteiger partial charge in [0, 0.05) is 39.3 Å². The van der Waals surface area contributed by atoms with Crippen molar-refractivity contribution in [3.05, 3.63) is 18.3 Å². The van der Waals surface area contributed by atoms with Crippen LogP contribution in [0.2, 0.25) is 0 Å². The van der Waals surface area contributed by atoms with Gasteiger partial charge in [-0.1, -0.05) is 0 Å². The number of nitrogens with one attached hydrogen (secondary N) is 2. The number of carbonyl (C=O) groups is 1. The minimum Gasteiger partial charge on any atom is -0.493 e. The van der Waals surface area contributed by atoms with Crippen molar-refractivity contribution in [2.45, 2.75) is 0 Å². The fourth-order valence-corrected chi connectivity index (χ4v) is 3.15. The van der Waals surface area contributed by atoms with Crippen LogP contribution in [-0.2, 0) is 4.74 Å². The highest BCUT2D eigenvalue weighted by atomic mass is 16.5. The Morgan fingerprint density at radius 1 is 1.06 bits per heavy atom. The van der Waals surface area contributed by atoms with Crippen LogP contribution in [0, 0.1) is 0 Å². The van der Waals surface area contributed by atoms with Gasteiger partial charge in [-0.25, -0.2) is 9.78 Å². The fraction of sp³-hybridized carbons (Fsp3) is 0.450. The number of methoxy groups -OCH3 is 3. The van der Waals surface area contributed by atoms with Gasteiger partial charge in [0.15, 0.2) is 17.3 Å². The van der Waals surface area contributed by atoms with E-state index in [1.54, 1.807) is 18.3 Å². The van der Waals surface area contributed by atoms with Gasteiger partial charge >= 0.3 is 6.03 Å². The highest BCUT2D eigenvalue weighted by Crippen LogP contribution is 2.40. The lowest BCUT2D eigenvalue weighted by atomic mass is 10.2. The SMILES string of the molecule is COc1cc(NC(=O)Nc2cnc(N3CCOCC3)nc2N(C)C)cc(OC)c1OC. The summed E-state index contributed by atoms with van der Waals surface area (Å²) in [6.45, 7) is 2.72. The Morgan fingerprint density at radius 2 is 1.71 bits per heavy atom. The van der Waals surface area contributed by atoms with Gasteiger partial charge in [0.1, 0.15) is 5.69 Å². The molecule has 0 unspecified atom stereocenters. The molecule has 0 radical (unpaired) electrons. The number of rotatable bonds is 7. The van der Waals surface area contributed by atoms with Crippen molar-refractivity contribution in [1.82, 2.24) is 9.97 Å². The molecule has 1 saturated heterocycles. The van der Waals surface area contributed by atoms with Gasteiger partial charge in [-0.05, 0) is 0 Å². The number of carbonyl (C=O) groups excluding carboxylic acids is 1. The van der Waals surface area contributed by atoms with E-state index in [0.29, 0.717) is 53.6 Å². The summed E-state index contributed by atoms with van der Waals surface area (Å²) in [5.41, 5.74) is 0.955. The van der Waals surface area contributed by atoms with Gasteiger partial charge in [0.05, 0.1) is 46.4 Å². The number of hydrogen-bond acceptors (Lipinski definition) is 9. The summed E-state index contributed by atoms with van der Waals surface area (Å²) in [4.78, 5) is 25.6. The third-order valence-electron chi connectivity index (χ3n) is 4.64. The van der Waals surface area contributed by atoms with Crippen molar-refractivity contribution in [2.75, 3.05) is 82.2 Å². The first-order chi connectivity index (χ1) is 15.0. The van der Waals surface area contributed by atoms with Gasteiger partial charge in [-0.15, -0.1) is 0 Å². The number of aromatic nitrogens is 2. The maximum Gasteiger partial charge on any atom is 0.323 e. The lowest BCUT2D eigenvalue weighted by Crippen LogP contribution is -2.37. The molecule has 1 fully saturated rings. The van der Waals surface area contributed by atoms with E-state index in [-0.39, 0.29) is 0 Å². The van der Waals surface area contributed by atoms with Crippen LogP contribution >= 0.6 is 0 Å². The molecule has 11 nitrogen and oxygen atoms in total. The maximum atomic E-state index is 12.7. The zero-order chi connectivity index (χ0) is 22.4. The third-order valence-corrected chi connectivity index (χ3v) is 4.64. The zero-order valence-electron chi connectivity index (χ0n) is 18.4. The fourth-order valence-electron chi connectivity index (χ4n) is 3.15. The normalized spacial score (nSPS) is 13.4. The minimum absolute atomic E-state index is 0.435. The van der Waals surface area contributed by atoms with Crippen molar-refractivity contribution in [3.63, 3.8) is 0 Å². The van der Waals surface area contributed by atoms with Crippen LogP contribution in [0.25, 0.3) is 0 Å². The van der Waals surface area contributed by atoms with E-state index in [2.05, 4.69) is 25.5 Å². The molecule has 11 heteroatoms. The van der Waals surface area contributed by atoms with Gasteiger partial charge in [-0.2, -0.15) is 4.98 Å². The number of anilines is 4. The molecule has 1 aromatic heterocycles. The maximum absolute atomic E-state index is 12.7. The molecule has 31 heavy (non-hydrogen) atoms. The molecule has 3 rings (SSSR count). The first-order valence-electron chi connectivity index (χ1n) is 9.72. The molecule has 168 valence electrons. The second-order valence-corrected chi connectivity index (χ2v) is 6.89. The monoisotopic (exact) mass is 432 g/mol. The molecular weight excluding hydrogens is 404 g/mol. The number of hydrogen-bond donors (Lipinski definition) is 2. The second kappa shape index (κ2) is 10.0. The second-order valence-electron chi connectivity index (χ2n) is 6.89. The van der Waals surface area contributed by atoms with Crippen molar-refractivity contribution in [1.29, 1.82) is 0 Å². The summed E-state index contributed by atoms with van der Waals surface area (Å²) in [5.74, 6) is 2.51. The number of urea groups is 1. The Labute approximate surface area is 181 Å². The van der Waals surface area contributed by atoms with Crippen molar-refractivity contribution in [3.8, 4) is 17.2 Å². The topological polar surface area (TPSA) is 110 Å². The van der Waals surface area contributed by atoms with E-state index in [4.69, 9.17) is 18.9 Å². The highest BCUT2D eigenvalue weighted by Gasteiger charge is 2.19. The van der Waals surface area contributed by atoms with Crippen molar-refractivity contribution < 1.29 is 23.7 Å². The van der Waals surface area contributed by atoms with Crippen molar-refractivity contribution in [2.24, 2.45) is 0 Å². The van der Waals surface area contributed by atoms with E-state index in [1.165, 1.54) is 21.3 Å². The summed E-state index contributed by atoms with van der Waals surface area (Å²) in [5, 5.41) is 5.57. The summed E-state index contributed by atoms with van der Waals surface area (Å²) in [7, 11) is 8.25. The first kappa shape index (κ1) is 22.2. The molecule has 0 aliphatic carbocycles. The molecule has 2 N–H and O–H groups in total. The van der Waals surface area contributed by atoms with Crippen LogP contribution in [0.5, 0.6) is 17.2 Å². The van der Waals surface area contributed by atoms with Gasteiger partial charge in [-0.3, -0.25) is 0 Å². The molecule has 1 aromatic carbocycles. The molecule has 0 saturated carbocycles. The smallest absolute Gasteiger partial charge is 0.323 e. The molecule has 2 heterocycles. The predicted octanol–water partition coefficient (Wildman–Crippen LogP) is 2.05. The highest BCUT2D eigenvalue weighted by molar-refractivity contribution is 6.01.